The van der Waals surface area contributed by atoms with Crippen molar-refractivity contribution in [3.05, 3.63) is 27.6 Å². The van der Waals surface area contributed by atoms with E-state index in [1.807, 2.05) is 11.4 Å². The standard InChI is InChI=1S/C13H19N5OS/c1-17-3-4-18(9(6-14)7-17)8-11-15-10-2-5-20-12(10)13(19)16-11/h2,5,9H,3-4,6-8,14H2,1H3,(H,15,16,19). The van der Waals surface area contributed by atoms with E-state index in [0.29, 0.717) is 23.8 Å². The quantitative estimate of drug-likeness (QED) is 0.836. The first-order chi connectivity index (χ1) is 9.67. The van der Waals surface area contributed by atoms with Crippen molar-refractivity contribution in [3.8, 4) is 0 Å². The van der Waals surface area contributed by atoms with E-state index in [2.05, 4.69) is 26.8 Å². The fourth-order valence-electron chi connectivity index (χ4n) is 2.67. The van der Waals surface area contributed by atoms with Crippen molar-refractivity contribution in [2.75, 3.05) is 33.2 Å². The van der Waals surface area contributed by atoms with Gasteiger partial charge in [-0.05, 0) is 18.5 Å². The van der Waals surface area contributed by atoms with E-state index >= 15 is 0 Å². The van der Waals surface area contributed by atoms with Crippen LogP contribution in [0.5, 0.6) is 0 Å². The lowest BCUT2D eigenvalue weighted by Crippen LogP contribution is -2.54. The molecule has 0 radical (unpaired) electrons. The lowest BCUT2D eigenvalue weighted by molar-refractivity contribution is 0.0858. The monoisotopic (exact) mass is 293 g/mol. The van der Waals surface area contributed by atoms with Crippen LogP contribution in [0.1, 0.15) is 5.82 Å². The first-order valence-corrected chi connectivity index (χ1v) is 7.64. The predicted octanol–water partition coefficient (Wildman–Crippen LogP) is 0.0593. The predicted molar refractivity (Wildman–Crippen MR) is 81.0 cm³/mol. The van der Waals surface area contributed by atoms with Gasteiger partial charge in [0.05, 0.1) is 12.1 Å². The molecule has 3 heterocycles. The highest BCUT2D eigenvalue weighted by Gasteiger charge is 2.24. The Morgan fingerprint density at radius 3 is 3.20 bits per heavy atom. The number of aromatic amines is 1. The number of rotatable bonds is 3. The molecule has 0 aliphatic carbocycles. The molecule has 2 aromatic heterocycles. The molecule has 0 spiro atoms. The molecule has 1 atom stereocenters. The minimum absolute atomic E-state index is 0.0431. The zero-order chi connectivity index (χ0) is 14.1. The van der Waals surface area contributed by atoms with Crippen LogP contribution in [0.25, 0.3) is 10.2 Å². The molecule has 1 fully saturated rings. The average molecular weight is 293 g/mol. The van der Waals surface area contributed by atoms with E-state index in [-0.39, 0.29) is 5.56 Å². The van der Waals surface area contributed by atoms with Gasteiger partial charge in [-0.3, -0.25) is 9.69 Å². The number of hydrogen-bond donors (Lipinski definition) is 2. The van der Waals surface area contributed by atoms with Crippen LogP contribution in [0, 0.1) is 0 Å². The van der Waals surface area contributed by atoms with Crippen LogP contribution in [0.15, 0.2) is 16.2 Å². The van der Waals surface area contributed by atoms with Crippen molar-refractivity contribution in [1.29, 1.82) is 0 Å². The van der Waals surface area contributed by atoms with E-state index in [1.165, 1.54) is 11.3 Å². The van der Waals surface area contributed by atoms with Gasteiger partial charge >= 0.3 is 0 Å². The van der Waals surface area contributed by atoms with Gasteiger partial charge in [-0.15, -0.1) is 11.3 Å². The summed E-state index contributed by atoms with van der Waals surface area (Å²) < 4.78 is 0.697. The maximum atomic E-state index is 12.0. The molecule has 1 aliphatic heterocycles. The maximum Gasteiger partial charge on any atom is 0.268 e. The summed E-state index contributed by atoms with van der Waals surface area (Å²) >= 11 is 1.43. The van der Waals surface area contributed by atoms with Crippen LogP contribution in [-0.2, 0) is 6.54 Å². The molecular formula is C13H19N5OS. The summed E-state index contributed by atoms with van der Waals surface area (Å²) in [5.74, 6) is 0.726. The summed E-state index contributed by atoms with van der Waals surface area (Å²) in [4.78, 5) is 24.0. The molecule has 1 saturated heterocycles. The summed E-state index contributed by atoms with van der Waals surface area (Å²) in [7, 11) is 2.11. The lowest BCUT2D eigenvalue weighted by Gasteiger charge is -2.39. The summed E-state index contributed by atoms with van der Waals surface area (Å²) in [5, 5.41) is 1.90. The first-order valence-electron chi connectivity index (χ1n) is 6.76. The van der Waals surface area contributed by atoms with Gasteiger partial charge in [0, 0.05) is 32.2 Å². The Bertz CT molecular complexity index is 651. The van der Waals surface area contributed by atoms with Gasteiger partial charge in [-0.1, -0.05) is 0 Å². The lowest BCUT2D eigenvalue weighted by atomic mass is 10.1. The summed E-state index contributed by atoms with van der Waals surface area (Å²) in [6.45, 7) is 4.19. The van der Waals surface area contributed by atoms with Crippen molar-refractivity contribution < 1.29 is 0 Å². The first kappa shape index (κ1) is 13.7. The Morgan fingerprint density at radius 1 is 1.55 bits per heavy atom. The van der Waals surface area contributed by atoms with E-state index in [0.717, 1.165) is 31.0 Å². The Hall–Kier alpha value is -1.28. The number of thiophene rings is 1. The minimum atomic E-state index is -0.0431. The van der Waals surface area contributed by atoms with Crippen molar-refractivity contribution in [1.82, 2.24) is 19.8 Å². The van der Waals surface area contributed by atoms with Crippen molar-refractivity contribution in [2.45, 2.75) is 12.6 Å². The normalized spacial score (nSPS) is 21.6. The number of aromatic nitrogens is 2. The molecule has 3 N–H and O–H groups in total. The smallest absolute Gasteiger partial charge is 0.268 e. The molecule has 0 aromatic carbocycles. The third-order valence-electron chi connectivity index (χ3n) is 3.80. The maximum absolute atomic E-state index is 12.0. The molecule has 0 amide bonds. The molecule has 6 nitrogen and oxygen atoms in total. The van der Waals surface area contributed by atoms with E-state index in [1.54, 1.807) is 0 Å². The number of H-pyrrole nitrogens is 1. The number of nitrogens with one attached hydrogen (secondary N) is 1. The average Bonchev–Trinajstić information content (AvgIpc) is 2.89. The van der Waals surface area contributed by atoms with Gasteiger partial charge in [0.25, 0.3) is 5.56 Å². The molecule has 108 valence electrons. The van der Waals surface area contributed by atoms with Crippen molar-refractivity contribution in [2.24, 2.45) is 5.73 Å². The van der Waals surface area contributed by atoms with Gasteiger partial charge in [0.2, 0.25) is 0 Å². The summed E-state index contributed by atoms with van der Waals surface area (Å²) in [6.07, 6.45) is 0. The minimum Gasteiger partial charge on any atom is -0.329 e. The number of nitrogens with two attached hydrogens (primary N) is 1. The van der Waals surface area contributed by atoms with Gasteiger partial charge in [0.1, 0.15) is 10.5 Å². The fourth-order valence-corrected chi connectivity index (χ4v) is 3.39. The highest BCUT2D eigenvalue weighted by Crippen LogP contribution is 2.15. The number of piperazine rings is 1. The van der Waals surface area contributed by atoms with Crippen molar-refractivity contribution >= 4 is 21.6 Å². The second kappa shape index (κ2) is 5.61. The van der Waals surface area contributed by atoms with E-state index in [9.17, 15) is 4.79 Å². The largest absolute Gasteiger partial charge is 0.329 e. The number of hydrogen-bond acceptors (Lipinski definition) is 6. The molecule has 2 aromatic rings. The molecule has 20 heavy (non-hydrogen) atoms. The summed E-state index contributed by atoms with van der Waals surface area (Å²) in [6, 6.07) is 2.21. The molecule has 0 bridgehead atoms. The second-order valence-corrected chi connectivity index (χ2v) is 6.19. The Morgan fingerprint density at radius 2 is 2.40 bits per heavy atom. The van der Waals surface area contributed by atoms with Crippen molar-refractivity contribution in [3.63, 3.8) is 0 Å². The van der Waals surface area contributed by atoms with Gasteiger partial charge in [-0.2, -0.15) is 0 Å². The molecule has 1 aliphatic rings. The van der Waals surface area contributed by atoms with Crippen LogP contribution in [0.3, 0.4) is 0 Å². The Kier molecular flexibility index (Phi) is 3.84. The molecule has 0 saturated carbocycles. The molecule has 3 rings (SSSR count). The zero-order valence-electron chi connectivity index (χ0n) is 11.5. The van der Waals surface area contributed by atoms with Gasteiger partial charge in [0.15, 0.2) is 0 Å². The van der Waals surface area contributed by atoms with Crippen LogP contribution < -0.4 is 11.3 Å². The molecular weight excluding hydrogens is 274 g/mol. The van der Waals surface area contributed by atoms with Crippen LogP contribution in [0.2, 0.25) is 0 Å². The Labute approximate surface area is 121 Å². The van der Waals surface area contributed by atoms with E-state index in [4.69, 9.17) is 5.73 Å². The second-order valence-electron chi connectivity index (χ2n) is 5.27. The SMILES string of the molecule is CN1CCN(Cc2nc3ccsc3c(=O)[nH]2)C(CN)C1. The number of fused-ring (bicyclic) bond motifs is 1. The van der Waals surface area contributed by atoms with Crippen LogP contribution in [0.4, 0.5) is 0 Å². The third-order valence-corrected chi connectivity index (χ3v) is 4.70. The molecule has 1 unspecified atom stereocenters. The van der Waals surface area contributed by atoms with Crippen LogP contribution >= 0.6 is 11.3 Å². The Balaban J connectivity index is 1.83. The number of nitrogens with zero attached hydrogens (tertiary/aromatic N) is 3. The number of likely N-dealkylation sites (N-methyl/N-ethyl adjacent to an activating group) is 1. The van der Waals surface area contributed by atoms with Gasteiger partial charge in [-0.25, -0.2) is 4.98 Å². The summed E-state index contributed by atoms with van der Waals surface area (Å²) in [5.41, 5.74) is 6.60. The third kappa shape index (κ3) is 2.62. The van der Waals surface area contributed by atoms with Gasteiger partial charge < -0.3 is 15.6 Å². The topological polar surface area (TPSA) is 78.2 Å². The highest BCUT2D eigenvalue weighted by atomic mass is 32.1. The zero-order valence-corrected chi connectivity index (χ0v) is 12.3. The van der Waals surface area contributed by atoms with E-state index < -0.39 is 0 Å². The van der Waals surface area contributed by atoms with Crippen LogP contribution in [-0.4, -0.2) is 59.0 Å². The fraction of sp³-hybridized carbons (Fsp3) is 0.538. The molecule has 7 heteroatoms. The highest BCUT2D eigenvalue weighted by molar-refractivity contribution is 7.17.